The summed E-state index contributed by atoms with van der Waals surface area (Å²) in [5, 5.41) is 18.9. The Balaban J connectivity index is 2.83. The lowest BCUT2D eigenvalue weighted by molar-refractivity contribution is 0.426. The zero-order chi connectivity index (χ0) is 10.3. The SMILES string of the molecule is Nc1cccc2c(B(O)O)c(Cl)sc12. The third kappa shape index (κ3) is 1.38. The fraction of sp³-hybridized carbons (Fsp3) is 0. The van der Waals surface area contributed by atoms with Gasteiger partial charge in [-0.3, -0.25) is 0 Å². The summed E-state index contributed by atoms with van der Waals surface area (Å²) < 4.78 is 1.16. The van der Waals surface area contributed by atoms with Crippen LogP contribution in [0.5, 0.6) is 0 Å². The number of rotatable bonds is 1. The molecule has 0 saturated heterocycles. The van der Waals surface area contributed by atoms with Crippen LogP contribution in [0, 0.1) is 0 Å². The summed E-state index contributed by atoms with van der Waals surface area (Å²) in [6.45, 7) is 0. The topological polar surface area (TPSA) is 66.5 Å². The van der Waals surface area contributed by atoms with E-state index in [-0.39, 0.29) is 0 Å². The van der Waals surface area contributed by atoms with E-state index in [2.05, 4.69) is 0 Å². The Bertz CT molecular complexity index is 485. The van der Waals surface area contributed by atoms with Gasteiger partial charge in [0.1, 0.15) is 0 Å². The molecule has 0 aliphatic carbocycles. The molecule has 72 valence electrons. The number of nitrogens with two attached hydrogens (primary N) is 1. The van der Waals surface area contributed by atoms with Crippen molar-refractivity contribution in [2.75, 3.05) is 5.73 Å². The van der Waals surface area contributed by atoms with Crippen LogP contribution in [0.3, 0.4) is 0 Å². The lowest BCUT2D eigenvalue weighted by Gasteiger charge is -1.98. The van der Waals surface area contributed by atoms with E-state index in [0.717, 1.165) is 4.70 Å². The molecule has 0 saturated carbocycles. The average molecular weight is 227 g/mol. The quantitative estimate of drug-likeness (QED) is 0.499. The summed E-state index contributed by atoms with van der Waals surface area (Å²) in [5.41, 5.74) is 6.66. The van der Waals surface area contributed by atoms with E-state index in [4.69, 9.17) is 27.4 Å². The molecule has 4 N–H and O–H groups in total. The fourth-order valence-corrected chi connectivity index (χ4v) is 2.78. The first-order valence-corrected chi connectivity index (χ1v) is 5.13. The Morgan fingerprint density at radius 3 is 2.71 bits per heavy atom. The molecule has 0 radical (unpaired) electrons. The van der Waals surface area contributed by atoms with Crippen molar-refractivity contribution in [2.24, 2.45) is 0 Å². The summed E-state index contributed by atoms with van der Waals surface area (Å²) in [6, 6.07) is 5.28. The maximum absolute atomic E-state index is 9.12. The molecule has 2 aromatic rings. The normalized spacial score (nSPS) is 10.8. The van der Waals surface area contributed by atoms with Gasteiger partial charge in [0.2, 0.25) is 0 Å². The molecule has 0 fully saturated rings. The van der Waals surface area contributed by atoms with Gasteiger partial charge in [-0.05, 0) is 11.5 Å². The smallest absolute Gasteiger partial charge is 0.423 e. The van der Waals surface area contributed by atoms with E-state index in [1.807, 2.05) is 0 Å². The van der Waals surface area contributed by atoms with Gasteiger partial charge in [0, 0.05) is 11.2 Å². The standard InChI is InChI=1S/C8H7BClNO2S/c10-8-6(9(12)13)4-2-1-3-5(11)7(4)14-8/h1-3,12-13H,11H2. The third-order valence-electron chi connectivity index (χ3n) is 2.00. The van der Waals surface area contributed by atoms with Crippen LogP contribution in [0.1, 0.15) is 0 Å². The second-order valence-electron chi connectivity index (χ2n) is 2.89. The first kappa shape index (κ1) is 9.80. The molecule has 1 aromatic heterocycles. The number of thiophene rings is 1. The van der Waals surface area contributed by atoms with Gasteiger partial charge in [-0.1, -0.05) is 23.7 Å². The van der Waals surface area contributed by atoms with E-state index in [9.17, 15) is 0 Å². The monoisotopic (exact) mass is 227 g/mol. The minimum Gasteiger partial charge on any atom is -0.423 e. The molecule has 0 amide bonds. The average Bonchev–Trinajstić information content (AvgIpc) is 2.42. The van der Waals surface area contributed by atoms with Crippen molar-refractivity contribution in [2.45, 2.75) is 0 Å². The first-order chi connectivity index (χ1) is 6.61. The zero-order valence-electron chi connectivity index (χ0n) is 7.07. The first-order valence-electron chi connectivity index (χ1n) is 3.93. The van der Waals surface area contributed by atoms with Crippen molar-refractivity contribution in [1.82, 2.24) is 0 Å². The van der Waals surface area contributed by atoms with Crippen LogP contribution in [0.4, 0.5) is 5.69 Å². The summed E-state index contributed by atoms with van der Waals surface area (Å²) in [6.07, 6.45) is 0. The Morgan fingerprint density at radius 2 is 2.07 bits per heavy atom. The highest BCUT2D eigenvalue weighted by molar-refractivity contribution is 7.25. The Labute approximate surface area is 89.9 Å². The van der Waals surface area contributed by atoms with Gasteiger partial charge in [-0.25, -0.2) is 0 Å². The maximum atomic E-state index is 9.12. The second-order valence-corrected chi connectivity index (χ2v) is 4.51. The van der Waals surface area contributed by atoms with Gasteiger partial charge in [0.15, 0.2) is 0 Å². The highest BCUT2D eigenvalue weighted by atomic mass is 35.5. The molecule has 0 atom stereocenters. The van der Waals surface area contributed by atoms with E-state index in [1.54, 1.807) is 18.2 Å². The van der Waals surface area contributed by atoms with Crippen LogP contribution in [0.25, 0.3) is 10.1 Å². The van der Waals surface area contributed by atoms with Gasteiger partial charge in [0.25, 0.3) is 0 Å². The highest BCUT2D eigenvalue weighted by Crippen LogP contribution is 2.31. The Hall–Kier alpha value is -0.745. The molecule has 0 aliphatic rings. The molecule has 2 rings (SSSR count). The van der Waals surface area contributed by atoms with Gasteiger partial charge >= 0.3 is 7.12 Å². The van der Waals surface area contributed by atoms with E-state index < -0.39 is 7.12 Å². The van der Waals surface area contributed by atoms with Gasteiger partial charge in [-0.2, -0.15) is 0 Å². The Kier molecular flexibility index (Phi) is 2.40. The van der Waals surface area contributed by atoms with Crippen LogP contribution in [-0.2, 0) is 0 Å². The molecule has 6 heteroatoms. The van der Waals surface area contributed by atoms with Crippen LogP contribution < -0.4 is 11.2 Å². The van der Waals surface area contributed by atoms with Gasteiger partial charge in [0.05, 0.1) is 9.04 Å². The van der Waals surface area contributed by atoms with E-state index in [1.165, 1.54) is 11.3 Å². The van der Waals surface area contributed by atoms with Crippen molar-refractivity contribution in [3.05, 3.63) is 22.5 Å². The molecule has 0 unspecified atom stereocenters. The molecule has 0 spiro atoms. The molecule has 1 aromatic carbocycles. The summed E-state index contributed by atoms with van der Waals surface area (Å²) in [5.74, 6) is 0. The maximum Gasteiger partial charge on any atom is 0.491 e. The zero-order valence-corrected chi connectivity index (χ0v) is 8.64. The number of halogens is 1. The number of anilines is 1. The predicted octanol–water partition coefficient (Wildman–Crippen LogP) is 0.817. The lowest BCUT2D eigenvalue weighted by Crippen LogP contribution is -2.29. The van der Waals surface area contributed by atoms with Crippen molar-refractivity contribution in [3.8, 4) is 0 Å². The summed E-state index contributed by atoms with van der Waals surface area (Å²) in [7, 11) is -1.56. The number of fused-ring (bicyclic) bond motifs is 1. The summed E-state index contributed by atoms with van der Waals surface area (Å²) >= 11 is 7.13. The van der Waals surface area contributed by atoms with Gasteiger partial charge in [-0.15, -0.1) is 11.3 Å². The van der Waals surface area contributed by atoms with Crippen LogP contribution in [0.15, 0.2) is 18.2 Å². The fourth-order valence-electron chi connectivity index (χ4n) is 1.37. The van der Waals surface area contributed by atoms with Crippen molar-refractivity contribution < 1.29 is 10.0 Å². The van der Waals surface area contributed by atoms with Gasteiger partial charge < -0.3 is 15.8 Å². The van der Waals surface area contributed by atoms with Crippen LogP contribution in [-0.4, -0.2) is 17.2 Å². The second kappa shape index (κ2) is 3.44. The number of hydrogen-bond donors (Lipinski definition) is 3. The third-order valence-corrected chi connectivity index (χ3v) is 3.49. The highest BCUT2D eigenvalue weighted by Gasteiger charge is 2.22. The van der Waals surface area contributed by atoms with Crippen LogP contribution in [0.2, 0.25) is 4.34 Å². The molecule has 1 heterocycles. The molecule has 0 aliphatic heterocycles. The minimum absolute atomic E-state index is 0.332. The number of nitrogen functional groups attached to an aromatic ring is 1. The van der Waals surface area contributed by atoms with Crippen LogP contribution >= 0.6 is 22.9 Å². The van der Waals surface area contributed by atoms with Crippen molar-refractivity contribution >= 4 is 51.3 Å². The Morgan fingerprint density at radius 1 is 1.36 bits per heavy atom. The van der Waals surface area contributed by atoms with Crippen molar-refractivity contribution in [1.29, 1.82) is 0 Å². The van der Waals surface area contributed by atoms with Crippen molar-refractivity contribution in [3.63, 3.8) is 0 Å². The number of hydrogen-bond acceptors (Lipinski definition) is 4. The predicted molar refractivity (Wildman–Crippen MR) is 61.1 cm³/mol. The molecule has 3 nitrogen and oxygen atoms in total. The van der Waals surface area contributed by atoms with E-state index in [0.29, 0.717) is 20.9 Å². The lowest BCUT2D eigenvalue weighted by atomic mass is 9.80. The van der Waals surface area contributed by atoms with E-state index >= 15 is 0 Å². The minimum atomic E-state index is -1.56. The molecular weight excluding hydrogens is 220 g/mol. The molecule has 0 bridgehead atoms. The largest absolute Gasteiger partial charge is 0.491 e. The number of benzene rings is 1. The molecular formula is C8H7BClNO2S. The molecule has 14 heavy (non-hydrogen) atoms. The summed E-state index contributed by atoms with van der Waals surface area (Å²) in [4.78, 5) is 0.